The summed E-state index contributed by atoms with van der Waals surface area (Å²) in [5.74, 6) is 0.583. The van der Waals surface area contributed by atoms with Crippen LogP contribution in [0.25, 0.3) is 0 Å². The highest BCUT2D eigenvalue weighted by atomic mass is 16.4. The van der Waals surface area contributed by atoms with Crippen molar-refractivity contribution in [1.82, 2.24) is 19.9 Å². The third-order valence-corrected chi connectivity index (χ3v) is 4.21. The Morgan fingerprint density at radius 3 is 2.85 bits per heavy atom. The third-order valence-electron chi connectivity index (χ3n) is 4.21. The van der Waals surface area contributed by atoms with Gasteiger partial charge in [-0.25, -0.2) is 4.79 Å². The number of aromatic nitrogens is 3. The first-order valence-electron chi connectivity index (χ1n) is 7.42. The molecule has 1 aliphatic heterocycles. The lowest BCUT2D eigenvalue weighted by Crippen LogP contribution is -2.29. The van der Waals surface area contributed by atoms with Crippen LogP contribution in [0.3, 0.4) is 0 Å². The van der Waals surface area contributed by atoms with E-state index in [1.807, 2.05) is 0 Å². The van der Waals surface area contributed by atoms with Gasteiger partial charge in [-0.1, -0.05) is 19.1 Å². The Hall–Kier alpha value is -1.43. The maximum atomic E-state index is 10.7. The van der Waals surface area contributed by atoms with Gasteiger partial charge in [0.1, 0.15) is 0 Å². The maximum Gasteiger partial charge on any atom is 0.358 e. The fourth-order valence-electron chi connectivity index (χ4n) is 2.82. The zero-order valence-corrected chi connectivity index (χ0v) is 12.3. The first kappa shape index (κ1) is 15.0. The lowest BCUT2D eigenvalue weighted by Gasteiger charge is -2.21. The molecule has 0 spiro atoms. The summed E-state index contributed by atoms with van der Waals surface area (Å²) < 4.78 is 1.62. The van der Waals surface area contributed by atoms with E-state index in [1.165, 1.54) is 25.5 Å². The molecule has 0 amide bonds. The monoisotopic (exact) mass is 280 g/mol. The summed E-state index contributed by atoms with van der Waals surface area (Å²) in [7, 11) is 0. The zero-order chi connectivity index (χ0) is 14.5. The number of likely N-dealkylation sites (tertiary alicyclic amines) is 1. The molecule has 2 heterocycles. The number of hydrogen-bond donors (Lipinski definition) is 1. The summed E-state index contributed by atoms with van der Waals surface area (Å²) in [6.07, 6.45) is 5.33. The van der Waals surface area contributed by atoms with Gasteiger partial charge < -0.3 is 10.0 Å². The Morgan fingerprint density at radius 2 is 2.20 bits per heavy atom. The van der Waals surface area contributed by atoms with E-state index in [0.717, 1.165) is 31.5 Å². The second-order valence-corrected chi connectivity index (χ2v) is 5.95. The van der Waals surface area contributed by atoms with Gasteiger partial charge in [0.05, 0.1) is 12.7 Å². The van der Waals surface area contributed by atoms with Crippen LogP contribution in [0.1, 0.15) is 43.6 Å². The Bertz CT molecular complexity index is 444. The van der Waals surface area contributed by atoms with Crippen molar-refractivity contribution < 1.29 is 9.90 Å². The van der Waals surface area contributed by atoms with Crippen LogP contribution in [0.2, 0.25) is 0 Å². The summed E-state index contributed by atoms with van der Waals surface area (Å²) in [4.78, 5) is 13.2. The summed E-state index contributed by atoms with van der Waals surface area (Å²) in [5.41, 5.74) is 0.0146. The fourth-order valence-corrected chi connectivity index (χ4v) is 2.82. The summed E-state index contributed by atoms with van der Waals surface area (Å²) >= 11 is 0. The lowest BCUT2D eigenvalue weighted by atomic mass is 9.89. The highest BCUT2D eigenvalue weighted by Crippen LogP contribution is 2.24. The second kappa shape index (κ2) is 6.83. The highest BCUT2D eigenvalue weighted by Gasteiger charge is 2.19. The van der Waals surface area contributed by atoms with Crippen LogP contribution >= 0.6 is 0 Å². The zero-order valence-electron chi connectivity index (χ0n) is 12.3. The maximum absolute atomic E-state index is 10.7. The number of rotatable bonds is 5. The summed E-state index contributed by atoms with van der Waals surface area (Å²) in [6.45, 7) is 8.49. The number of carbonyl (C=O) groups is 1. The normalized spacial score (nSPS) is 21.1. The molecular formula is C14H24N4O2. The first-order valence-corrected chi connectivity index (χ1v) is 7.42. The smallest absolute Gasteiger partial charge is 0.358 e. The lowest BCUT2D eigenvalue weighted by molar-refractivity contribution is 0.0690. The molecule has 0 aliphatic carbocycles. The van der Waals surface area contributed by atoms with Crippen LogP contribution in [0.15, 0.2) is 6.20 Å². The van der Waals surface area contributed by atoms with Gasteiger partial charge >= 0.3 is 5.97 Å². The van der Waals surface area contributed by atoms with Crippen molar-refractivity contribution in [3.05, 3.63) is 11.9 Å². The van der Waals surface area contributed by atoms with Crippen LogP contribution in [-0.4, -0.2) is 50.6 Å². The minimum atomic E-state index is -1.02. The highest BCUT2D eigenvalue weighted by molar-refractivity contribution is 5.84. The predicted molar refractivity (Wildman–Crippen MR) is 75.6 cm³/mol. The third kappa shape index (κ3) is 4.03. The predicted octanol–water partition coefficient (Wildman–Crippen LogP) is 1.73. The Kier molecular flexibility index (Phi) is 5.11. The van der Waals surface area contributed by atoms with Gasteiger partial charge in [-0.05, 0) is 44.2 Å². The molecule has 1 fully saturated rings. The average Bonchev–Trinajstić information content (AvgIpc) is 2.74. The Labute approximate surface area is 119 Å². The van der Waals surface area contributed by atoms with Gasteiger partial charge in [0.15, 0.2) is 5.69 Å². The van der Waals surface area contributed by atoms with Crippen LogP contribution in [0, 0.1) is 11.8 Å². The quantitative estimate of drug-likeness (QED) is 0.889. The standard InChI is InChI=1S/C14H24N4O2/c1-11(2)12-4-3-6-17(7-5-12)8-9-18-10-13(14(19)20)15-16-18/h10-12H,3-9H2,1-2H3,(H,19,20). The molecule has 1 N–H and O–H groups in total. The van der Waals surface area contributed by atoms with Crippen molar-refractivity contribution in [2.75, 3.05) is 19.6 Å². The summed E-state index contributed by atoms with van der Waals surface area (Å²) in [5, 5.41) is 16.3. The van der Waals surface area contributed by atoms with E-state index in [9.17, 15) is 4.79 Å². The molecule has 2 rings (SSSR count). The Morgan fingerprint density at radius 1 is 1.40 bits per heavy atom. The van der Waals surface area contributed by atoms with E-state index in [2.05, 4.69) is 29.1 Å². The van der Waals surface area contributed by atoms with Crippen molar-refractivity contribution in [2.24, 2.45) is 11.8 Å². The SMILES string of the molecule is CC(C)C1CCCN(CCn2cc(C(=O)O)nn2)CC1. The molecule has 112 valence electrons. The molecule has 6 heteroatoms. The fraction of sp³-hybridized carbons (Fsp3) is 0.786. The van der Waals surface area contributed by atoms with Crippen molar-refractivity contribution in [1.29, 1.82) is 0 Å². The molecule has 6 nitrogen and oxygen atoms in total. The van der Waals surface area contributed by atoms with Crippen LogP contribution in [-0.2, 0) is 6.54 Å². The average molecular weight is 280 g/mol. The molecule has 1 atom stereocenters. The van der Waals surface area contributed by atoms with Gasteiger partial charge in [-0.2, -0.15) is 0 Å². The molecule has 1 aromatic heterocycles. The van der Waals surface area contributed by atoms with E-state index in [0.29, 0.717) is 6.54 Å². The second-order valence-electron chi connectivity index (χ2n) is 5.95. The molecule has 0 aromatic carbocycles. The van der Waals surface area contributed by atoms with Gasteiger partial charge in [-0.15, -0.1) is 5.10 Å². The Balaban J connectivity index is 1.80. The van der Waals surface area contributed by atoms with Crippen LogP contribution in [0.5, 0.6) is 0 Å². The number of aromatic carboxylic acids is 1. The minimum Gasteiger partial charge on any atom is -0.476 e. The molecule has 0 radical (unpaired) electrons. The van der Waals surface area contributed by atoms with Crippen molar-refractivity contribution in [3.8, 4) is 0 Å². The van der Waals surface area contributed by atoms with Gasteiger partial charge in [0, 0.05) is 6.54 Å². The minimum absolute atomic E-state index is 0.0146. The first-order chi connectivity index (χ1) is 9.56. The van der Waals surface area contributed by atoms with E-state index in [1.54, 1.807) is 4.68 Å². The van der Waals surface area contributed by atoms with Crippen LogP contribution in [0.4, 0.5) is 0 Å². The van der Waals surface area contributed by atoms with Crippen molar-refractivity contribution >= 4 is 5.97 Å². The molecular weight excluding hydrogens is 256 g/mol. The van der Waals surface area contributed by atoms with E-state index < -0.39 is 5.97 Å². The number of carboxylic acids is 1. The van der Waals surface area contributed by atoms with Crippen molar-refractivity contribution in [2.45, 2.75) is 39.7 Å². The molecule has 1 unspecified atom stereocenters. The van der Waals surface area contributed by atoms with Crippen molar-refractivity contribution in [3.63, 3.8) is 0 Å². The summed E-state index contributed by atoms with van der Waals surface area (Å²) in [6, 6.07) is 0. The van der Waals surface area contributed by atoms with E-state index in [4.69, 9.17) is 5.11 Å². The number of nitrogens with zero attached hydrogens (tertiary/aromatic N) is 4. The van der Waals surface area contributed by atoms with Gasteiger partial charge in [-0.3, -0.25) is 4.68 Å². The van der Waals surface area contributed by atoms with E-state index >= 15 is 0 Å². The topological polar surface area (TPSA) is 71.2 Å². The molecule has 20 heavy (non-hydrogen) atoms. The van der Waals surface area contributed by atoms with Gasteiger partial charge in [0.25, 0.3) is 0 Å². The largest absolute Gasteiger partial charge is 0.476 e. The van der Waals surface area contributed by atoms with Gasteiger partial charge in [0.2, 0.25) is 0 Å². The molecule has 0 bridgehead atoms. The molecule has 1 saturated heterocycles. The van der Waals surface area contributed by atoms with E-state index in [-0.39, 0.29) is 5.69 Å². The number of hydrogen-bond acceptors (Lipinski definition) is 4. The number of carboxylic acid groups (broad SMARTS) is 1. The molecule has 0 saturated carbocycles. The van der Waals surface area contributed by atoms with Crippen LogP contribution < -0.4 is 0 Å². The molecule has 1 aromatic rings. The molecule has 1 aliphatic rings.